The maximum absolute atomic E-state index is 8.62. The molecule has 0 amide bonds. The molecule has 0 aliphatic heterocycles. The zero-order valence-electron chi connectivity index (χ0n) is 4.50. The van der Waals surface area contributed by atoms with Crippen LogP contribution in [0.1, 0.15) is 0 Å². The van der Waals surface area contributed by atoms with Crippen LogP contribution in [0, 0.1) is 0 Å². The number of rotatable bonds is 0. The Balaban J connectivity index is -0.0000000300. The van der Waals surface area contributed by atoms with E-state index in [1.807, 2.05) is 0 Å². The van der Waals surface area contributed by atoms with Crippen LogP contribution >= 0.6 is 0 Å². The van der Waals surface area contributed by atoms with Crippen LogP contribution in [-0.2, 0) is 50.6 Å². The molecule has 0 atom stereocenters. The second kappa shape index (κ2) is 17.9. The molecule has 0 heterocycles. The monoisotopic (exact) mass is 755 g/mol. The Kier molecular flexibility index (Phi) is 41.3. The maximum Gasteiger partial charge on any atom is 2.00 e. The van der Waals surface area contributed by atoms with Gasteiger partial charge in [0.15, 0.2) is 0 Å². The molecule has 0 aromatic carbocycles. The quantitative estimate of drug-likeness (QED) is 0.236. The first kappa shape index (κ1) is 23.1. The Bertz CT molecular complexity index is 133. The van der Waals surface area contributed by atoms with E-state index in [9.17, 15) is 0 Å². The molecule has 0 spiro atoms. The largest absolute Gasteiger partial charge is 2.00 e. The third kappa shape index (κ3) is 124. The molecule has 6 nitrogen and oxygen atoms in total. The van der Waals surface area contributed by atoms with Gasteiger partial charge in [-0.3, -0.25) is 0 Å². The molecule has 0 aliphatic rings. The van der Waals surface area contributed by atoms with E-state index in [1.54, 1.807) is 0 Å². The average molecular weight is 754 g/mol. The van der Waals surface area contributed by atoms with Gasteiger partial charge in [-0.25, -0.2) is 0 Å². The summed E-state index contributed by atoms with van der Waals surface area (Å²) < 4.78 is 51.7. The minimum Gasteiger partial charge on any atom is 2.00 e. The summed E-state index contributed by atoms with van der Waals surface area (Å²) in [7, 11) is 0. The summed E-state index contributed by atoms with van der Waals surface area (Å²) in [5, 5.41) is 0. The van der Waals surface area contributed by atoms with Crippen molar-refractivity contribution < 1.29 is 57.8 Å². The third-order valence-electron chi connectivity index (χ3n) is 0. The summed E-state index contributed by atoms with van der Waals surface area (Å²) in [5.74, 6) is 0. The molecule has 3 radical (unpaired) electrons. The van der Waals surface area contributed by atoms with E-state index >= 15 is 0 Å². The van der Waals surface area contributed by atoms with Crippen LogP contribution in [0.4, 0.5) is 0 Å². The molecule has 0 unspecified atom stereocenters. The summed E-state index contributed by atoms with van der Waals surface area (Å²) >= 11 is -8.69. The van der Waals surface area contributed by atoms with Gasteiger partial charge in [0, 0.05) is 26.2 Å². The molecule has 10 heteroatoms. The molecule has 0 aromatic heterocycles. The van der Waals surface area contributed by atoms with E-state index < -0.39 is 37.6 Å². The fraction of sp³-hybridized carbons (Fsp3) is 0. The van der Waals surface area contributed by atoms with Gasteiger partial charge in [-0.2, -0.15) is 0 Å². The minimum absolute atomic E-state index is 0. The van der Waals surface area contributed by atoms with Crippen LogP contribution in [-0.4, -0.2) is 71.7 Å². The number of hydrogen-bond donors (Lipinski definition) is 0. The fourth-order valence-electron chi connectivity index (χ4n) is 0. The fourth-order valence-corrected chi connectivity index (χ4v) is 0. The minimum atomic E-state index is -4.34. The van der Waals surface area contributed by atoms with E-state index in [0.29, 0.717) is 0 Å². The van der Waals surface area contributed by atoms with Crippen molar-refractivity contribution in [2.75, 3.05) is 0 Å². The van der Waals surface area contributed by atoms with E-state index in [4.69, 9.17) is 20.2 Å². The summed E-state index contributed by atoms with van der Waals surface area (Å²) in [5.41, 5.74) is 0. The first-order chi connectivity index (χ1) is 3.46. The second-order valence-electron chi connectivity index (χ2n) is 0.447. The first-order valence-corrected chi connectivity index (χ1v) is 8.97. The normalized spacial score (nSPS) is 5.00. The van der Waals surface area contributed by atoms with Gasteiger partial charge < -0.3 is 0 Å². The predicted octanol–water partition coefficient (Wildman–Crippen LogP) is -3.62. The smallest absolute Gasteiger partial charge is 2.00 e. The van der Waals surface area contributed by atoms with Crippen molar-refractivity contribution in [1.82, 2.24) is 0 Å². The van der Waals surface area contributed by atoms with Crippen LogP contribution < -0.4 is 7.23 Å². The molecule has 0 rings (SSSR count). The predicted molar refractivity (Wildman–Crippen MR) is 14.3 cm³/mol. The molecular weight excluding hydrogens is 754 g/mol. The van der Waals surface area contributed by atoms with Gasteiger partial charge in [-0.1, -0.05) is 0 Å². The zero-order chi connectivity index (χ0) is 7.15. The molecule has 0 aliphatic carbocycles. The van der Waals surface area contributed by atoms with Crippen molar-refractivity contribution in [2.45, 2.75) is 0 Å². The van der Waals surface area contributed by atoms with Gasteiger partial charge in [-0.05, 0) is 0 Å². The van der Waals surface area contributed by atoms with Crippen LogP contribution in [0.25, 0.3) is 0 Å². The molecular formula is BiO6SrTa2. The van der Waals surface area contributed by atoms with Gasteiger partial charge in [-0.15, -0.1) is 0 Å². The Hall–Kier alpha value is 2.96. The van der Waals surface area contributed by atoms with Crippen LogP contribution in [0.15, 0.2) is 0 Å². The van der Waals surface area contributed by atoms with Crippen molar-refractivity contribution >= 4 is 71.7 Å². The summed E-state index contributed by atoms with van der Waals surface area (Å²) in [6.45, 7) is 0. The van der Waals surface area contributed by atoms with Crippen molar-refractivity contribution in [1.29, 1.82) is 0 Å². The topological polar surface area (TPSA) is 114 Å². The Morgan fingerprint density at radius 1 is 0.800 bits per heavy atom. The number of hydrogen-bond acceptors (Lipinski definition) is 6. The molecule has 0 saturated carbocycles. The van der Waals surface area contributed by atoms with Crippen LogP contribution in [0.3, 0.4) is 0 Å². The van der Waals surface area contributed by atoms with Crippen molar-refractivity contribution in [3.05, 3.63) is 0 Å². The third-order valence-corrected chi connectivity index (χ3v) is 0. The average Bonchev–Trinajstić information content (AvgIpc) is 1.25. The van der Waals surface area contributed by atoms with E-state index in [1.165, 1.54) is 0 Å². The standard InChI is InChI=1S/Bi.6O.Sr.2Ta/q;;;;;2*-1;+2;;. The van der Waals surface area contributed by atoms with Crippen molar-refractivity contribution in [3.8, 4) is 0 Å². The van der Waals surface area contributed by atoms with Gasteiger partial charge in [0.2, 0.25) is 0 Å². The van der Waals surface area contributed by atoms with Gasteiger partial charge in [0.05, 0.1) is 0 Å². The zero-order valence-corrected chi connectivity index (χ0v) is 17.9. The molecule has 0 aromatic rings. The van der Waals surface area contributed by atoms with Gasteiger partial charge in [0.25, 0.3) is 0 Å². The SMILES string of the molecule is [Bi].[O]=[Ta](=[O])[O-].[O]=[Ta](=[O])[O-].[Sr+2]. The van der Waals surface area contributed by atoms with Gasteiger partial charge >= 0.3 is 103 Å². The summed E-state index contributed by atoms with van der Waals surface area (Å²) in [6.07, 6.45) is 0. The second-order valence-corrected chi connectivity index (χ2v) is 3.66. The first-order valence-electron chi connectivity index (χ1n) is 1.10. The van der Waals surface area contributed by atoms with Crippen LogP contribution in [0.5, 0.6) is 0 Å². The van der Waals surface area contributed by atoms with E-state index in [0.717, 1.165) is 0 Å². The Labute approximate surface area is 126 Å². The van der Waals surface area contributed by atoms with E-state index in [-0.39, 0.29) is 71.7 Å². The van der Waals surface area contributed by atoms with Crippen LogP contribution in [0.2, 0.25) is 0 Å². The Morgan fingerprint density at radius 2 is 0.800 bits per heavy atom. The molecule has 53 valence electrons. The van der Waals surface area contributed by atoms with Crippen molar-refractivity contribution in [2.24, 2.45) is 0 Å². The summed E-state index contributed by atoms with van der Waals surface area (Å²) in [6, 6.07) is 0. The molecule has 0 N–H and O–H groups in total. The van der Waals surface area contributed by atoms with E-state index in [2.05, 4.69) is 0 Å². The molecule has 0 saturated heterocycles. The molecule has 10 heavy (non-hydrogen) atoms. The summed E-state index contributed by atoms with van der Waals surface area (Å²) in [4.78, 5) is 0. The Morgan fingerprint density at radius 3 is 0.800 bits per heavy atom. The molecule has 0 fully saturated rings. The van der Waals surface area contributed by atoms with Gasteiger partial charge in [0.1, 0.15) is 0 Å². The molecule has 0 bridgehead atoms. The van der Waals surface area contributed by atoms with Crippen molar-refractivity contribution in [3.63, 3.8) is 0 Å². The maximum atomic E-state index is 8.62.